The Kier molecular flexibility index (Phi) is 1.74. The normalized spacial score (nSPS) is 14.1. The third-order valence-electron chi connectivity index (χ3n) is 2.72. The highest BCUT2D eigenvalue weighted by Crippen LogP contribution is 2.33. The molecule has 15 heavy (non-hydrogen) atoms. The largest absolute Gasteiger partial charge is 0.504 e. The first-order valence-electron chi connectivity index (χ1n) is 5.06. The summed E-state index contributed by atoms with van der Waals surface area (Å²) in [5.74, 6) is 0.297. The van der Waals surface area contributed by atoms with Crippen LogP contribution in [0.3, 0.4) is 0 Å². The molecule has 0 atom stereocenters. The standard InChI is InChI=1S/C11H11N3O/c15-11-9-5-3-7-14(9)13-10(11)8-4-1-2-6-12-8/h1-2,4,6,15H,3,5,7H2. The summed E-state index contributed by atoms with van der Waals surface area (Å²) in [5.41, 5.74) is 2.28. The predicted octanol–water partition coefficient (Wildman–Crippen LogP) is 1.60. The third kappa shape index (κ3) is 1.21. The fourth-order valence-corrected chi connectivity index (χ4v) is 1.99. The van der Waals surface area contributed by atoms with Gasteiger partial charge in [0.1, 0.15) is 0 Å². The van der Waals surface area contributed by atoms with Crippen LogP contribution in [0.1, 0.15) is 12.1 Å². The van der Waals surface area contributed by atoms with Gasteiger partial charge >= 0.3 is 0 Å². The molecule has 1 N–H and O–H groups in total. The molecule has 0 radical (unpaired) electrons. The first kappa shape index (κ1) is 8.47. The lowest BCUT2D eigenvalue weighted by Gasteiger charge is -1.96. The van der Waals surface area contributed by atoms with E-state index in [1.807, 2.05) is 22.9 Å². The Morgan fingerprint density at radius 2 is 2.27 bits per heavy atom. The fraction of sp³-hybridized carbons (Fsp3) is 0.273. The summed E-state index contributed by atoms with van der Waals surface area (Å²) >= 11 is 0. The summed E-state index contributed by atoms with van der Waals surface area (Å²) in [4.78, 5) is 4.19. The van der Waals surface area contributed by atoms with E-state index >= 15 is 0 Å². The molecule has 0 saturated heterocycles. The Morgan fingerprint density at radius 1 is 1.33 bits per heavy atom. The van der Waals surface area contributed by atoms with Gasteiger partial charge in [-0.2, -0.15) is 5.10 Å². The Balaban J connectivity index is 2.14. The number of aromatic hydroxyl groups is 1. The van der Waals surface area contributed by atoms with Crippen molar-refractivity contribution in [2.45, 2.75) is 19.4 Å². The van der Waals surface area contributed by atoms with Crippen molar-refractivity contribution in [3.05, 3.63) is 30.1 Å². The molecular weight excluding hydrogens is 190 g/mol. The third-order valence-corrected chi connectivity index (χ3v) is 2.72. The minimum Gasteiger partial charge on any atom is -0.504 e. The maximum Gasteiger partial charge on any atom is 0.166 e. The molecule has 4 nitrogen and oxygen atoms in total. The predicted molar refractivity (Wildman–Crippen MR) is 55.4 cm³/mol. The van der Waals surface area contributed by atoms with Crippen molar-refractivity contribution >= 4 is 0 Å². The lowest BCUT2D eigenvalue weighted by Crippen LogP contribution is -1.94. The summed E-state index contributed by atoms with van der Waals surface area (Å²) in [6.45, 7) is 0.899. The quantitative estimate of drug-likeness (QED) is 0.762. The average molecular weight is 201 g/mol. The topological polar surface area (TPSA) is 50.9 Å². The van der Waals surface area contributed by atoms with E-state index in [-0.39, 0.29) is 0 Å². The van der Waals surface area contributed by atoms with Crippen LogP contribution < -0.4 is 0 Å². The van der Waals surface area contributed by atoms with Crippen molar-refractivity contribution in [1.82, 2.24) is 14.8 Å². The fourth-order valence-electron chi connectivity index (χ4n) is 1.99. The molecule has 76 valence electrons. The summed E-state index contributed by atoms with van der Waals surface area (Å²) in [6.07, 6.45) is 3.68. The van der Waals surface area contributed by atoms with Crippen LogP contribution in [0, 0.1) is 0 Å². The number of fused-ring (bicyclic) bond motifs is 1. The monoisotopic (exact) mass is 201 g/mol. The van der Waals surface area contributed by atoms with Gasteiger partial charge in [-0.3, -0.25) is 9.67 Å². The van der Waals surface area contributed by atoms with E-state index in [4.69, 9.17) is 0 Å². The summed E-state index contributed by atoms with van der Waals surface area (Å²) in [6, 6.07) is 5.61. The van der Waals surface area contributed by atoms with E-state index in [0.717, 1.165) is 30.8 Å². The van der Waals surface area contributed by atoms with Crippen LogP contribution in [0.2, 0.25) is 0 Å². The van der Waals surface area contributed by atoms with Crippen LogP contribution in [-0.2, 0) is 13.0 Å². The van der Waals surface area contributed by atoms with Crippen LogP contribution in [0.5, 0.6) is 5.75 Å². The van der Waals surface area contributed by atoms with Gasteiger partial charge in [0.15, 0.2) is 11.4 Å². The molecule has 0 amide bonds. The van der Waals surface area contributed by atoms with Gasteiger partial charge in [-0.05, 0) is 25.0 Å². The lowest BCUT2D eigenvalue weighted by molar-refractivity contribution is 0.470. The molecule has 0 aliphatic carbocycles. The molecule has 3 rings (SSSR count). The molecule has 0 bridgehead atoms. The molecule has 4 heteroatoms. The molecule has 2 aromatic heterocycles. The summed E-state index contributed by atoms with van der Waals surface area (Å²) in [5, 5.41) is 14.3. The van der Waals surface area contributed by atoms with E-state index in [2.05, 4.69) is 10.1 Å². The van der Waals surface area contributed by atoms with Crippen LogP contribution >= 0.6 is 0 Å². The highest BCUT2D eigenvalue weighted by Gasteiger charge is 2.22. The van der Waals surface area contributed by atoms with Gasteiger partial charge < -0.3 is 5.11 Å². The van der Waals surface area contributed by atoms with Gasteiger partial charge in [0, 0.05) is 12.7 Å². The zero-order chi connectivity index (χ0) is 10.3. The smallest absolute Gasteiger partial charge is 0.166 e. The maximum atomic E-state index is 9.98. The molecule has 3 heterocycles. The van der Waals surface area contributed by atoms with Crippen molar-refractivity contribution in [3.8, 4) is 17.1 Å². The summed E-state index contributed by atoms with van der Waals surface area (Å²) in [7, 11) is 0. The van der Waals surface area contributed by atoms with Gasteiger partial charge in [0.25, 0.3) is 0 Å². The van der Waals surface area contributed by atoms with Crippen molar-refractivity contribution in [2.75, 3.05) is 0 Å². The van der Waals surface area contributed by atoms with Gasteiger partial charge in [0.2, 0.25) is 0 Å². The molecule has 1 aliphatic heterocycles. The number of hydrogen-bond donors (Lipinski definition) is 1. The van der Waals surface area contributed by atoms with E-state index < -0.39 is 0 Å². The van der Waals surface area contributed by atoms with Gasteiger partial charge in [-0.25, -0.2) is 0 Å². The van der Waals surface area contributed by atoms with Crippen molar-refractivity contribution < 1.29 is 5.11 Å². The number of nitrogens with zero attached hydrogens (tertiary/aromatic N) is 3. The Hall–Kier alpha value is -1.84. The summed E-state index contributed by atoms with van der Waals surface area (Å²) < 4.78 is 1.87. The number of pyridine rings is 1. The first-order valence-corrected chi connectivity index (χ1v) is 5.06. The van der Waals surface area contributed by atoms with E-state index in [1.165, 1.54) is 0 Å². The molecule has 0 saturated carbocycles. The van der Waals surface area contributed by atoms with Crippen LogP contribution in [-0.4, -0.2) is 19.9 Å². The molecule has 0 aromatic carbocycles. The zero-order valence-electron chi connectivity index (χ0n) is 8.22. The molecule has 2 aromatic rings. The molecule has 0 unspecified atom stereocenters. The Bertz CT molecular complexity index is 490. The van der Waals surface area contributed by atoms with E-state index in [1.54, 1.807) is 6.20 Å². The average Bonchev–Trinajstić information content (AvgIpc) is 2.83. The molecular formula is C11H11N3O. The Morgan fingerprint density at radius 3 is 3.00 bits per heavy atom. The molecule has 1 aliphatic rings. The number of hydrogen-bond acceptors (Lipinski definition) is 3. The van der Waals surface area contributed by atoms with Gasteiger partial charge in [-0.15, -0.1) is 0 Å². The first-order chi connectivity index (χ1) is 7.36. The van der Waals surface area contributed by atoms with E-state index in [0.29, 0.717) is 11.4 Å². The molecule has 0 spiro atoms. The lowest BCUT2D eigenvalue weighted by atomic mass is 10.2. The second-order valence-corrected chi connectivity index (χ2v) is 3.69. The number of aryl methyl sites for hydroxylation is 1. The Labute approximate surface area is 87.2 Å². The minimum absolute atomic E-state index is 0.297. The van der Waals surface area contributed by atoms with E-state index in [9.17, 15) is 5.11 Å². The second kappa shape index (κ2) is 3.08. The highest BCUT2D eigenvalue weighted by atomic mass is 16.3. The van der Waals surface area contributed by atoms with Crippen LogP contribution in [0.25, 0.3) is 11.4 Å². The minimum atomic E-state index is 0.297. The number of aromatic nitrogens is 3. The molecule has 0 fully saturated rings. The van der Waals surface area contributed by atoms with Crippen molar-refractivity contribution in [1.29, 1.82) is 0 Å². The second-order valence-electron chi connectivity index (χ2n) is 3.69. The highest BCUT2D eigenvalue weighted by molar-refractivity contribution is 5.63. The van der Waals surface area contributed by atoms with Gasteiger partial charge in [-0.1, -0.05) is 6.07 Å². The SMILES string of the molecule is Oc1c(-c2ccccn2)nn2c1CCC2. The van der Waals surface area contributed by atoms with Gasteiger partial charge in [0.05, 0.1) is 11.4 Å². The van der Waals surface area contributed by atoms with Crippen molar-refractivity contribution in [2.24, 2.45) is 0 Å². The van der Waals surface area contributed by atoms with Crippen LogP contribution in [0.15, 0.2) is 24.4 Å². The number of rotatable bonds is 1. The maximum absolute atomic E-state index is 9.98. The van der Waals surface area contributed by atoms with Crippen LogP contribution in [0.4, 0.5) is 0 Å². The van der Waals surface area contributed by atoms with Crippen molar-refractivity contribution in [3.63, 3.8) is 0 Å². The zero-order valence-corrected chi connectivity index (χ0v) is 8.22.